The molecule has 0 aliphatic carbocycles. The van der Waals surface area contributed by atoms with Gasteiger partial charge in [0, 0.05) is 5.02 Å². The quantitative estimate of drug-likeness (QED) is 0.793. The molecule has 2 heterocycles. The summed E-state index contributed by atoms with van der Waals surface area (Å²) in [5.74, 6) is -0.717. The van der Waals surface area contributed by atoms with Crippen molar-refractivity contribution in [3.8, 4) is 0 Å². The van der Waals surface area contributed by atoms with E-state index in [1.54, 1.807) is 29.3 Å². The first-order valence-electron chi connectivity index (χ1n) is 8.03. The van der Waals surface area contributed by atoms with Gasteiger partial charge >= 0.3 is 0 Å². The lowest BCUT2D eigenvalue weighted by Crippen LogP contribution is -2.40. The predicted molar refractivity (Wildman–Crippen MR) is 94.7 cm³/mol. The standard InChI is InChI=1S/C18H15ClN4O2/c1-2-11-6-3-4-9-14(11)23-16-15(20-21-23)17(24)22(18(16)25)13-8-5-7-12(19)10-13/h3-10,15-16H,2H2,1H3/t15-,16-/m1/s1. The van der Waals surface area contributed by atoms with Crippen LogP contribution in [0.15, 0.2) is 58.9 Å². The highest BCUT2D eigenvalue weighted by atomic mass is 35.5. The number of nitrogens with zero attached hydrogens (tertiary/aromatic N) is 4. The number of halogens is 1. The van der Waals surface area contributed by atoms with Crippen molar-refractivity contribution >= 4 is 34.8 Å². The Labute approximate surface area is 149 Å². The number of benzene rings is 2. The number of aryl methyl sites for hydroxylation is 1. The van der Waals surface area contributed by atoms with Crippen LogP contribution in [0.1, 0.15) is 12.5 Å². The normalized spacial score (nSPS) is 22.0. The predicted octanol–water partition coefficient (Wildman–Crippen LogP) is 3.40. The number of para-hydroxylation sites is 1. The number of rotatable bonds is 3. The molecule has 0 aromatic heterocycles. The van der Waals surface area contributed by atoms with E-state index >= 15 is 0 Å². The van der Waals surface area contributed by atoms with Gasteiger partial charge < -0.3 is 0 Å². The molecular weight excluding hydrogens is 340 g/mol. The molecule has 2 amide bonds. The highest BCUT2D eigenvalue weighted by Gasteiger charge is 2.55. The van der Waals surface area contributed by atoms with E-state index < -0.39 is 12.1 Å². The summed E-state index contributed by atoms with van der Waals surface area (Å²) in [6, 6.07) is 12.8. The van der Waals surface area contributed by atoms with Gasteiger partial charge in [0.25, 0.3) is 11.8 Å². The van der Waals surface area contributed by atoms with Crippen LogP contribution in [0.2, 0.25) is 5.02 Å². The van der Waals surface area contributed by atoms with Crippen molar-refractivity contribution in [3.05, 3.63) is 59.1 Å². The average Bonchev–Trinajstić information content (AvgIpc) is 3.15. The molecule has 2 aliphatic heterocycles. The van der Waals surface area contributed by atoms with Gasteiger partial charge in [0.05, 0.1) is 11.4 Å². The Bertz CT molecular complexity index is 898. The molecule has 1 saturated heterocycles. The molecule has 0 unspecified atom stereocenters. The summed E-state index contributed by atoms with van der Waals surface area (Å²) in [7, 11) is 0. The Morgan fingerprint density at radius 1 is 1.08 bits per heavy atom. The molecule has 2 aromatic carbocycles. The summed E-state index contributed by atoms with van der Waals surface area (Å²) in [5.41, 5.74) is 2.30. The highest BCUT2D eigenvalue weighted by molar-refractivity contribution is 6.32. The van der Waals surface area contributed by atoms with E-state index in [-0.39, 0.29) is 11.8 Å². The van der Waals surface area contributed by atoms with E-state index in [2.05, 4.69) is 10.3 Å². The Hall–Kier alpha value is -2.73. The highest BCUT2D eigenvalue weighted by Crippen LogP contribution is 2.36. The van der Waals surface area contributed by atoms with Gasteiger partial charge in [-0.25, -0.2) is 9.91 Å². The Morgan fingerprint density at radius 3 is 2.64 bits per heavy atom. The molecule has 2 aromatic rings. The van der Waals surface area contributed by atoms with Crippen molar-refractivity contribution in [2.45, 2.75) is 25.4 Å². The lowest BCUT2D eigenvalue weighted by atomic mass is 10.1. The lowest BCUT2D eigenvalue weighted by molar-refractivity contribution is -0.121. The number of anilines is 2. The molecule has 7 heteroatoms. The number of carbonyl (C=O) groups excluding carboxylic acids is 2. The number of amides is 2. The molecule has 2 atom stereocenters. The van der Waals surface area contributed by atoms with Crippen LogP contribution < -0.4 is 9.91 Å². The zero-order valence-corrected chi connectivity index (χ0v) is 14.2. The SMILES string of the molecule is CCc1ccccc1N1N=N[C@H]2C(=O)N(c3cccc(Cl)c3)C(=O)[C@@H]21. The summed E-state index contributed by atoms with van der Waals surface area (Å²) in [4.78, 5) is 26.9. The molecule has 0 N–H and O–H groups in total. The summed E-state index contributed by atoms with van der Waals surface area (Å²) >= 11 is 6.00. The van der Waals surface area contributed by atoms with Crippen LogP contribution >= 0.6 is 11.6 Å². The molecule has 0 bridgehead atoms. The van der Waals surface area contributed by atoms with Crippen LogP contribution in [-0.4, -0.2) is 23.9 Å². The molecule has 25 heavy (non-hydrogen) atoms. The minimum atomic E-state index is -0.823. The maximum absolute atomic E-state index is 13.0. The van der Waals surface area contributed by atoms with Crippen LogP contribution in [0.5, 0.6) is 0 Å². The summed E-state index contributed by atoms with van der Waals surface area (Å²) in [5, 5.41) is 10.2. The topological polar surface area (TPSA) is 65.3 Å². The Balaban J connectivity index is 1.73. The minimum Gasteiger partial charge on any atom is -0.271 e. The summed E-state index contributed by atoms with van der Waals surface area (Å²) in [6.07, 6.45) is 0.791. The third-order valence-corrected chi connectivity index (χ3v) is 4.70. The van der Waals surface area contributed by atoms with Gasteiger partial charge in [-0.15, -0.1) is 0 Å². The van der Waals surface area contributed by atoms with Crippen LogP contribution in [0.4, 0.5) is 11.4 Å². The van der Waals surface area contributed by atoms with E-state index in [4.69, 9.17) is 11.6 Å². The van der Waals surface area contributed by atoms with E-state index in [1.807, 2.05) is 31.2 Å². The third kappa shape index (κ3) is 2.41. The van der Waals surface area contributed by atoms with E-state index in [9.17, 15) is 9.59 Å². The van der Waals surface area contributed by atoms with Crippen LogP contribution in [0.25, 0.3) is 0 Å². The van der Waals surface area contributed by atoms with E-state index in [0.29, 0.717) is 10.7 Å². The second-order valence-corrected chi connectivity index (χ2v) is 6.35. The fraction of sp³-hybridized carbons (Fsp3) is 0.222. The monoisotopic (exact) mass is 354 g/mol. The Morgan fingerprint density at radius 2 is 1.88 bits per heavy atom. The van der Waals surface area contributed by atoms with Gasteiger partial charge in [0.1, 0.15) is 0 Å². The largest absolute Gasteiger partial charge is 0.271 e. The van der Waals surface area contributed by atoms with Gasteiger partial charge in [-0.05, 0) is 36.2 Å². The fourth-order valence-electron chi connectivity index (χ4n) is 3.26. The molecule has 1 fully saturated rings. The maximum atomic E-state index is 13.0. The van der Waals surface area contributed by atoms with Gasteiger partial charge in [-0.2, -0.15) is 5.11 Å². The van der Waals surface area contributed by atoms with Gasteiger partial charge in [0.15, 0.2) is 12.1 Å². The molecule has 6 nitrogen and oxygen atoms in total. The molecular formula is C18H15ClN4O2. The second-order valence-electron chi connectivity index (χ2n) is 5.91. The number of hydrogen-bond acceptors (Lipinski definition) is 5. The number of imide groups is 1. The van der Waals surface area contributed by atoms with Crippen molar-refractivity contribution in [3.63, 3.8) is 0 Å². The van der Waals surface area contributed by atoms with Gasteiger partial charge in [-0.3, -0.25) is 9.59 Å². The second kappa shape index (κ2) is 5.97. The van der Waals surface area contributed by atoms with Crippen LogP contribution in [-0.2, 0) is 16.0 Å². The van der Waals surface area contributed by atoms with Gasteiger partial charge in [0.2, 0.25) is 0 Å². The van der Waals surface area contributed by atoms with Gasteiger partial charge in [-0.1, -0.05) is 48.0 Å². The lowest BCUT2D eigenvalue weighted by Gasteiger charge is -2.22. The molecule has 4 rings (SSSR count). The molecule has 0 radical (unpaired) electrons. The number of hydrogen-bond donors (Lipinski definition) is 0. The van der Waals surface area contributed by atoms with Crippen molar-refractivity contribution in [2.75, 3.05) is 9.91 Å². The first-order chi connectivity index (χ1) is 12.1. The zero-order valence-electron chi connectivity index (χ0n) is 13.5. The van der Waals surface area contributed by atoms with Crippen molar-refractivity contribution in [2.24, 2.45) is 10.3 Å². The summed E-state index contributed by atoms with van der Waals surface area (Å²) < 4.78 is 0. The van der Waals surface area contributed by atoms with Crippen LogP contribution in [0, 0.1) is 0 Å². The molecule has 2 aliphatic rings. The van der Waals surface area contributed by atoms with Crippen LogP contribution in [0.3, 0.4) is 0 Å². The van der Waals surface area contributed by atoms with Crippen molar-refractivity contribution in [1.29, 1.82) is 0 Å². The third-order valence-electron chi connectivity index (χ3n) is 4.47. The molecule has 0 saturated carbocycles. The smallest absolute Gasteiger partial charge is 0.263 e. The minimum absolute atomic E-state index is 0.340. The van der Waals surface area contributed by atoms with E-state index in [0.717, 1.165) is 22.6 Å². The fourth-order valence-corrected chi connectivity index (χ4v) is 3.45. The zero-order chi connectivity index (χ0) is 17.6. The van der Waals surface area contributed by atoms with Crippen molar-refractivity contribution in [1.82, 2.24) is 0 Å². The maximum Gasteiger partial charge on any atom is 0.263 e. The number of carbonyl (C=O) groups is 2. The Kier molecular flexibility index (Phi) is 3.77. The summed E-state index contributed by atoms with van der Waals surface area (Å²) in [6.45, 7) is 2.03. The first kappa shape index (κ1) is 15.8. The first-order valence-corrected chi connectivity index (χ1v) is 8.41. The molecule has 126 valence electrons. The average molecular weight is 355 g/mol. The number of fused-ring (bicyclic) bond motifs is 1. The van der Waals surface area contributed by atoms with E-state index in [1.165, 1.54) is 0 Å². The van der Waals surface area contributed by atoms with Crippen molar-refractivity contribution < 1.29 is 9.59 Å². The molecule has 0 spiro atoms.